The molecule has 0 bridgehead atoms. The topological polar surface area (TPSA) is 71.7 Å². The number of esters is 1. The first kappa shape index (κ1) is 12.7. The number of carbonyl (C=O) groups is 1. The molecule has 1 rings (SSSR count). The van der Waals surface area contributed by atoms with E-state index < -0.39 is 23.6 Å². The smallest absolute Gasteiger partial charge is 0.326 e. The van der Waals surface area contributed by atoms with Gasteiger partial charge in [-0.3, -0.25) is 9.79 Å². The van der Waals surface area contributed by atoms with Gasteiger partial charge in [-0.2, -0.15) is 5.26 Å². The lowest BCUT2D eigenvalue weighted by atomic mass is 10.0. The van der Waals surface area contributed by atoms with Gasteiger partial charge in [0.1, 0.15) is 11.7 Å². The standard InChI is InChI=1S/C11H16N2O3/c1-11(2,3)16-10(14)8(6-12)9-7-13-4-5-15-9/h7-9H,4-5H2,1-3H3. The Balaban J connectivity index is 2.67. The Morgan fingerprint density at radius 3 is 2.81 bits per heavy atom. The second-order valence-corrected chi connectivity index (χ2v) is 4.53. The summed E-state index contributed by atoms with van der Waals surface area (Å²) in [6, 6.07) is 1.90. The molecule has 0 N–H and O–H groups in total. The van der Waals surface area contributed by atoms with E-state index >= 15 is 0 Å². The summed E-state index contributed by atoms with van der Waals surface area (Å²) in [7, 11) is 0. The van der Waals surface area contributed by atoms with Crippen LogP contribution in [0.15, 0.2) is 4.99 Å². The van der Waals surface area contributed by atoms with Gasteiger partial charge in [0.25, 0.3) is 0 Å². The zero-order valence-corrected chi connectivity index (χ0v) is 9.77. The van der Waals surface area contributed by atoms with Crippen LogP contribution in [0.5, 0.6) is 0 Å². The van der Waals surface area contributed by atoms with Gasteiger partial charge in [-0.05, 0) is 20.8 Å². The van der Waals surface area contributed by atoms with Crippen LogP contribution >= 0.6 is 0 Å². The van der Waals surface area contributed by atoms with Crippen LogP contribution in [0.3, 0.4) is 0 Å². The van der Waals surface area contributed by atoms with Gasteiger partial charge in [0.2, 0.25) is 0 Å². The van der Waals surface area contributed by atoms with E-state index in [1.165, 1.54) is 6.21 Å². The van der Waals surface area contributed by atoms with Gasteiger partial charge >= 0.3 is 5.97 Å². The first-order valence-electron chi connectivity index (χ1n) is 5.18. The fourth-order valence-electron chi connectivity index (χ4n) is 1.27. The molecule has 2 unspecified atom stereocenters. The van der Waals surface area contributed by atoms with E-state index in [9.17, 15) is 4.79 Å². The number of hydrogen-bond acceptors (Lipinski definition) is 5. The van der Waals surface area contributed by atoms with Crippen LogP contribution in [0.1, 0.15) is 20.8 Å². The number of hydrogen-bond donors (Lipinski definition) is 0. The third kappa shape index (κ3) is 3.63. The van der Waals surface area contributed by atoms with Gasteiger partial charge in [-0.15, -0.1) is 0 Å². The van der Waals surface area contributed by atoms with Gasteiger partial charge in [0.05, 0.1) is 19.2 Å². The van der Waals surface area contributed by atoms with Gasteiger partial charge in [-0.1, -0.05) is 0 Å². The van der Waals surface area contributed by atoms with Crippen LogP contribution in [0, 0.1) is 17.2 Å². The molecule has 2 atom stereocenters. The van der Waals surface area contributed by atoms with E-state index in [4.69, 9.17) is 14.7 Å². The molecule has 0 spiro atoms. The molecule has 1 aliphatic heterocycles. The number of carbonyl (C=O) groups excluding carboxylic acids is 1. The Bertz CT molecular complexity index is 325. The number of rotatable bonds is 2. The third-order valence-electron chi connectivity index (χ3n) is 1.91. The van der Waals surface area contributed by atoms with Crippen LogP contribution in [0.4, 0.5) is 0 Å². The molecule has 0 fully saturated rings. The van der Waals surface area contributed by atoms with Crippen molar-refractivity contribution in [3.05, 3.63) is 0 Å². The van der Waals surface area contributed by atoms with E-state index in [0.29, 0.717) is 13.2 Å². The van der Waals surface area contributed by atoms with Gasteiger partial charge < -0.3 is 9.47 Å². The lowest BCUT2D eigenvalue weighted by Gasteiger charge is -2.25. The fraction of sp³-hybridized carbons (Fsp3) is 0.727. The van der Waals surface area contributed by atoms with Crippen LogP contribution in [-0.4, -0.2) is 37.0 Å². The molecule has 5 nitrogen and oxygen atoms in total. The first-order valence-corrected chi connectivity index (χ1v) is 5.18. The Morgan fingerprint density at radius 1 is 1.69 bits per heavy atom. The first-order chi connectivity index (χ1) is 7.44. The maximum absolute atomic E-state index is 11.7. The molecule has 0 aromatic heterocycles. The van der Waals surface area contributed by atoms with Crippen LogP contribution in [0.2, 0.25) is 0 Å². The van der Waals surface area contributed by atoms with Crippen molar-refractivity contribution in [2.24, 2.45) is 10.9 Å². The minimum Gasteiger partial charge on any atom is -0.459 e. The molecule has 1 heterocycles. The highest BCUT2D eigenvalue weighted by Gasteiger charge is 2.33. The molecular weight excluding hydrogens is 208 g/mol. The summed E-state index contributed by atoms with van der Waals surface area (Å²) in [6.45, 7) is 6.28. The Hall–Kier alpha value is -1.41. The average Bonchev–Trinajstić information content (AvgIpc) is 2.17. The van der Waals surface area contributed by atoms with Crippen LogP contribution in [0.25, 0.3) is 0 Å². The molecule has 0 amide bonds. The van der Waals surface area contributed by atoms with E-state index in [1.54, 1.807) is 20.8 Å². The highest BCUT2D eigenvalue weighted by Crippen LogP contribution is 2.15. The minimum atomic E-state index is -0.941. The van der Waals surface area contributed by atoms with E-state index in [2.05, 4.69) is 4.99 Å². The van der Waals surface area contributed by atoms with Crippen molar-refractivity contribution < 1.29 is 14.3 Å². The number of aliphatic imine (C=N–C) groups is 1. The molecule has 0 radical (unpaired) electrons. The molecule has 5 heteroatoms. The Kier molecular flexibility index (Phi) is 4.02. The van der Waals surface area contributed by atoms with Crippen molar-refractivity contribution in [1.82, 2.24) is 0 Å². The maximum Gasteiger partial charge on any atom is 0.326 e. The molecule has 0 aliphatic carbocycles. The van der Waals surface area contributed by atoms with Crippen LogP contribution < -0.4 is 0 Å². The molecule has 0 aromatic rings. The van der Waals surface area contributed by atoms with Gasteiger partial charge in [-0.25, -0.2) is 0 Å². The van der Waals surface area contributed by atoms with Gasteiger partial charge in [0, 0.05) is 6.21 Å². The van der Waals surface area contributed by atoms with Gasteiger partial charge in [0.15, 0.2) is 5.92 Å². The maximum atomic E-state index is 11.7. The monoisotopic (exact) mass is 224 g/mol. The summed E-state index contributed by atoms with van der Waals surface area (Å²) in [4.78, 5) is 15.7. The van der Waals surface area contributed by atoms with Crippen LogP contribution in [-0.2, 0) is 14.3 Å². The summed E-state index contributed by atoms with van der Waals surface area (Å²) < 4.78 is 10.4. The zero-order chi connectivity index (χ0) is 12.2. The zero-order valence-electron chi connectivity index (χ0n) is 9.77. The second-order valence-electron chi connectivity index (χ2n) is 4.53. The van der Waals surface area contributed by atoms with Crippen molar-refractivity contribution >= 4 is 12.2 Å². The van der Waals surface area contributed by atoms with Crippen molar-refractivity contribution in [3.8, 4) is 6.07 Å². The number of nitriles is 1. The predicted octanol–water partition coefficient (Wildman–Crippen LogP) is 0.937. The Labute approximate surface area is 95.1 Å². The minimum absolute atomic E-state index is 0.433. The molecule has 0 aromatic carbocycles. The summed E-state index contributed by atoms with van der Waals surface area (Å²) in [5.74, 6) is -1.50. The lowest BCUT2D eigenvalue weighted by molar-refractivity contribution is -0.160. The summed E-state index contributed by atoms with van der Waals surface area (Å²) >= 11 is 0. The molecule has 88 valence electrons. The van der Waals surface area contributed by atoms with E-state index in [-0.39, 0.29) is 0 Å². The summed E-state index contributed by atoms with van der Waals surface area (Å²) in [5.41, 5.74) is -0.599. The van der Waals surface area contributed by atoms with E-state index in [0.717, 1.165) is 0 Å². The molecule has 16 heavy (non-hydrogen) atoms. The molecule has 0 saturated carbocycles. The van der Waals surface area contributed by atoms with E-state index in [1.807, 2.05) is 6.07 Å². The quantitative estimate of drug-likeness (QED) is 0.654. The second kappa shape index (κ2) is 5.08. The number of ether oxygens (including phenoxy) is 2. The fourth-order valence-corrected chi connectivity index (χ4v) is 1.27. The molecule has 0 saturated heterocycles. The highest BCUT2D eigenvalue weighted by atomic mass is 16.6. The van der Waals surface area contributed by atoms with Crippen molar-refractivity contribution in [2.75, 3.05) is 13.2 Å². The van der Waals surface area contributed by atoms with Crippen molar-refractivity contribution in [1.29, 1.82) is 5.26 Å². The third-order valence-corrected chi connectivity index (χ3v) is 1.91. The van der Waals surface area contributed by atoms with Crippen molar-refractivity contribution in [3.63, 3.8) is 0 Å². The summed E-state index contributed by atoms with van der Waals surface area (Å²) in [5, 5.41) is 8.95. The highest BCUT2D eigenvalue weighted by molar-refractivity contribution is 5.82. The summed E-state index contributed by atoms with van der Waals surface area (Å²) in [6.07, 6.45) is 0.912. The average molecular weight is 224 g/mol. The lowest BCUT2D eigenvalue weighted by Crippen LogP contribution is -2.38. The largest absolute Gasteiger partial charge is 0.459 e. The van der Waals surface area contributed by atoms with Crippen molar-refractivity contribution in [2.45, 2.75) is 32.5 Å². The predicted molar refractivity (Wildman–Crippen MR) is 58.0 cm³/mol. The molecule has 1 aliphatic rings. The normalized spacial score (nSPS) is 22.2. The SMILES string of the molecule is CC(C)(C)OC(=O)C(C#N)C1C=NCCO1. The molecular formula is C11H16N2O3. The Morgan fingerprint density at radius 2 is 2.38 bits per heavy atom. The number of nitrogens with zero attached hydrogens (tertiary/aromatic N) is 2.